The van der Waals surface area contributed by atoms with E-state index in [0.717, 1.165) is 49.4 Å². The van der Waals surface area contributed by atoms with Crippen molar-refractivity contribution in [1.82, 2.24) is 20.1 Å². The van der Waals surface area contributed by atoms with Crippen molar-refractivity contribution in [3.8, 4) is 16.9 Å². The molecule has 0 unspecified atom stereocenters. The number of benzene rings is 1. The topological polar surface area (TPSA) is 54.0 Å². The lowest BCUT2D eigenvalue weighted by Gasteiger charge is -2.32. The molecule has 0 saturated carbocycles. The number of H-pyrrole nitrogens is 1. The van der Waals surface area contributed by atoms with Gasteiger partial charge in [0.15, 0.2) is 0 Å². The molecule has 1 aliphatic rings. The normalized spacial score (nSPS) is 15.6. The molecule has 0 radical (unpaired) electrons. The fraction of sp³-hybridized carbons (Fsp3) is 0.417. The van der Waals surface area contributed by atoms with E-state index in [0.29, 0.717) is 5.92 Å². The molecular formula is C24H30N4O. The molecule has 0 aliphatic carbocycles. The van der Waals surface area contributed by atoms with Crippen LogP contribution in [0.2, 0.25) is 0 Å². The fourth-order valence-corrected chi connectivity index (χ4v) is 4.39. The highest BCUT2D eigenvalue weighted by Gasteiger charge is 2.23. The van der Waals surface area contributed by atoms with Gasteiger partial charge in [0.1, 0.15) is 5.75 Å². The molecule has 0 amide bonds. The summed E-state index contributed by atoms with van der Waals surface area (Å²) in [6.07, 6.45) is 8.02. The van der Waals surface area contributed by atoms with Gasteiger partial charge in [0.05, 0.1) is 13.3 Å². The second-order valence-electron chi connectivity index (χ2n) is 8.13. The lowest BCUT2D eigenvalue weighted by atomic mass is 9.91. The van der Waals surface area contributed by atoms with E-state index < -0.39 is 0 Å². The van der Waals surface area contributed by atoms with Crippen molar-refractivity contribution >= 4 is 0 Å². The van der Waals surface area contributed by atoms with Crippen molar-refractivity contribution < 1.29 is 4.74 Å². The summed E-state index contributed by atoms with van der Waals surface area (Å²) in [7, 11) is 1.75. The Hall–Kier alpha value is -2.66. The third-order valence-electron chi connectivity index (χ3n) is 6.43. The Morgan fingerprint density at radius 1 is 1.07 bits per heavy atom. The van der Waals surface area contributed by atoms with Gasteiger partial charge < -0.3 is 4.74 Å². The lowest BCUT2D eigenvalue weighted by molar-refractivity contribution is 0.202. The number of aromatic amines is 1. The van der Waals surface area contributed by atoms with Gasteiger partial charge in [-0.3, -0.25) is 15.0 Å². The Balaban J connectivity index is 1.39. The molecule has 1 aliphatic heterocycles. The smallest absolute Gasteiger partial charge is 0.122 e. The van der Waals surface area contributed by atoms with Crippen LogP contribution < -0.4 is 4.74 Å². The Morgan fingerprint density at radius 3 is 2.48 bits per heavy atom. The summed E-state index contributed by atoms with van der Waals surface area (Å²) in [5, 5.41) is 6.87. The van der Waals surface area contributed by atoms with Crippen molar-refractivity contribution in [3.05, 3.63) is 64.7 Å². The molecule has 29 heavy (non-hydrogen) atoms. The number of aryl methyl sites for hydroxylation is 1. The monoisotopic (exact) mass is 390 g/mol. The zero-order valence-corrected chi connectivity index (χ0v) is 17.8. The number of hydrogen-bond donors (Lipinski definition) is 1. The van der Waals surface area contributed by atoms with E-state index in [9.17, 15) is 0 Å². The quantitative estimate of drug-likeness (QED) is 0.681. The van der Waals surface area contributed by atoms with Crippen LogP contribution in [0.25, 0.3) is 11.1 Å². The Bertz CT molecular complexity index is 956. The largest absolute Gasteiger partial charge is 0.496 e. The van der Waals surface area contributed by atoms with E-state index in [1.165, 1.54) is 27.9 Å². The summed E-state index contributed by atoms with van der Waals surface area (Å²) in [5.74, 6) is 1.54. The minimum absolute atomic E-state index is 0.546. The zero-order chi connectivity index (χ0) is 20.4. The van der Waals surface area contributed by atoms with Crippen LogP contribution in [-0.2, 0) is 6.54 Å². The molecule has 5 nitrogen and oxygen atoms in total. The molecule has 0 spiro atoms. The number of ether oxygens (including phenoxy) is 1. The average molecular weight is 391 g/mol. The molecule has 1 fully saturated rings. The van der Waals surface area contributed by atoms with Crippen LogP contribution in [0.15, 0.2) is 36.8 Å². The first-order valence-electron chi connectivity index (χ1n) is 10.4. The van der Waals surface area contributed by atoms with E-state index in [2.05, 4.69) is 54.1 Å². The van der Waals surface area contributed by atoms with Crippen LogP contribution in [0, 0.1) is 20.8 Å². The lowest BCUT2D eigenvalue weighted by Crippen LogP contribution is -2.33. The number of likely N-dealkylation sites (tertiary alicyclic amines) is 1. The van der Waals surface area contributed by atoms with Gasteiger partial charge in [-0.15, -0.1) is 0 Å². The molecule has 3 aromatic rings. The van der Waals surface area contributed by atoms with E-state index in [1.54, 1.807) is 7.11 Å². The Morgan fingerprint density at radius 2 is 1.86 bits per heavy atom. The Kier molecular flexibility index (Phi) is 5.67. The molecule has 5 heteroatoms. The maximum atomic E-state index is 5.52. The first kappa shape index (κ1) is 19.6. The van der Waals surface area contributed by atoms with Gasteiger partial charge in [0, 0.05) is 41.7 Å². The molecule has 1 saturated heterocycles. The average Bonchev–Trinajstić information content (AvgIpc) is 3.29. The summed E-state index contributed by atoms with van der Waals surface area (Å²) in [6.45, 7) is 9.81. The van der Waals surface area contributed by atoms with Crippen LogP contribution in [0.3, 0.4) is 0 Å². The minimum Gasteiger partial charge on any atom is -0.496 e. The van der Waals surface area contributed by atoms with E-state index >= 15 is 0 Å². The van der Waals surface area contributed by atoms with Gasteiger partial charge >= 0.3 is 0 Å². The number of aromatic nitrogens is 3. The first-order valence-corrected chi connectivity index (χ1v) is 10.4. The molecule has 152 valence electrons. The molecule has 2 aromatic heterocycles. The van der Waals surface area contributed by atoms with Gasteiger partial charge in [0.25, 0.3) is 0 Å². The number of piperidine rings is 1. The standard InChI is InChI=1S/C24H30N4O/c1-16-11-24(29-4)18(3)17(2)22(16)15-28-9-7-19(8-10-28)23-6-5-20(12-25-23)21-13-26-27-14-21/h5-6,11-14,19H,7-10,15H2,1-4H3,(H,26,27). The molecule has 0 bridgehead atoms. The second-order valence-corrected chi connectivity index (χ2v) is 8.13. The summed E-state index contributed by atoms with van der Waals surface area (Å²) in [4.78, 5) is 7.33. The maximum absolute atomic E-state index is 5.52. The number of rotatable bonds is 5. The summed E-state index contributed by atoms with van der Waals surface area (Å²) in [5.41, 5.74) is 8.79. The van der Waals surface area contributed by atoms with E-state index in [1.807, 2.05) is 18.6 Å². The molecule has 1 N–H and O–H groups in total. The molecular weight excluding hydrogens is 360 g/mol. The highest BCUT2D eigenvalue weighted by Crippen LogP contribution is 2.32. The van der Waals surface area contributed by atoms with Gasteiger partial charge in [-0.1, -0.05) is 6.07 Å². The minimum atomic E-state index is 0.546. The summed E-state index contributed by atoms with van der Waals surface area (Å²) in [6, 6.07) is 6.52. The van der Waals surface area contributed by atoms with Crippen molar-refractivity contribution in [1.29, 1.82) is 0 Å². The van der Waals surface area contributed by atoms with Crippen LogP contribution >= 0.6 is 0 Å². The Labute approximate surface area is 173 Å². The number of hydrogen-bond acceptors (Lipinski definition) is 4. The van der Waals surface area contributed by atoms with Gasteiger partial charge in [0.2, 0.25) is 0 Å². The van der Waals surface area contributed by atoms with Gasteiger partial charge in [-0.05, 0) is 81.1 Å². The highest BCUT2D eigenvalue weighted by atomic mass is 16.5. The van der Waals surface area contributed by atoms with Crippen molar-refractivity contribution in [2.45, 2.75) is 46.1 Å². The molecule has 4 rings (SSSR count). The van der Waals surface area contributed by atoms with Crippen molar-refractivity contribution in [2.75, 3.05) is 20.2 Å². The molecule has 0 atom stereocenters. The van der Waals surface area contributed by atoms with Gasteiger partial charge in [-0.25, -0.2) is 0 Å². The van der Waals surface area contributed by atoms with Crippen molar-refractivity contribution in [2.24, 2.45) is 0 Å². The van der Waals surface area contributed by atoms with E-state index in [4.69, 9.17) is 9.72 Å². The highest BCUT2D eigenvalue weighted by molar-refractivity contribution is 5.60. The maximum Gasteiger partial charge on any atom is 0.122 e. The second kappa shape index (κ2) is 8.37. The number of nitrogens with zero attached hydrogens (tertiary/aromatic N) is 3. The third kappa shape index (κ3) is 4.06. The predicted molar refractivity (Wildman–Crippen MR) is 116 cm³/mol. The number of nitrogens with one attached hydrogen (secondary N) is 1. The summed E-state index contributed by atoms with van der Waals surface area (Å²) >= 11 is 0. The summed E-state index contributed by atoms with van der Waals surface area (Å²) < 4.78 is 5.52. The zero-order valence-electron chi connectivity index (χ0n) is 17.8. The molecule has 1 aromatic carbocycles. The SMILES string of the molecule is COc1cc(C)c(CN2CCC(c3ccc(-c4cn[nH]c4)cn3)CC2)c(C)c1C. The van der Waals surface area contributed by atoms with Crippen LogP contribution in [0.1, 0.15) is 46.7 Å². The van der Waals surface area contributed by atoms with Crippen LogP contribution in [0.4, 0.5) is 0 Å². The third-order valence-corrected chi connectivity index (χ3v) is 6.43. The van der Waals surface area contributed by atoms with Crippen LogP contribution in [-0.4, -0.2) is 40.3 Å². The number of pyridine rings is 1. The van der Waals surface area contributed by atoms with Crippen molar-refractivity contribution in [3.63, 3.8) is 0 Å². The number of methoxy groups -OCH3 is 1. The fourth-order valence-electron chi connectivity index (χ4n) is 4.39. The van der Waals surface area contributed by atoms with Crippen LogP contribution in [0.5, 0.6) is 5.75 Å². The molecule has 3 heterocycles. The first-order chi connectivity index (χ1) is 14.1. The predicted octanol–water partition coefficient (Wildman–Crippen LogP) is 4.79. The van der Waals surface area contributed by atoms with Gasteiger partial charge in [-0.2, -0.15) is 5.10 Å². The van der Waals surface area contributed by atoms with E-state index in [-0.39, 0.29) is 0 Å².